The Hall–Kier alpha value is 1.67. The van der Waals surface area contributed by atoms with Crippen LogP contribution in [0.1, 0.15) is 2.85 Å². The van der Waals surface area contributed by atoms with E-state index in [4.69, 9.17) is 0 Å². The normalized spacial score (nSPS) is 0. The van der Waals surface area contributed by atoms with Crippen molar-refractivity contribution in [3.8, 4) is 0 Å². The first-order chi connectivity index (χ1) is 0. The van der Waals surface area contributed by atoms with Gasteiger partial charge in [0.1, 0.15) is 0 Å². The average molecular weight is 199 g/mol. The van der Waals surface area contributed by atoms with Gasteiger partial charge in [-0.05, 0) is 0 Å². The smallest absolute Gasteiger partial charge is 2.00 e. The van der Waals surface area contributed by atoms with E-state index in [9.17, 15) is 0 Å². The third-order valence-corrected chi connectivity index (χ3v) is 0. The van der Waals surface area contributed by atoms with E-state index in [0.717, 1.165) is 0 Å². The molecule has 0 unspecified atom stereocenters. The molecule has 28 valence electrons. The van der Waals surface area contributed by atoms with Crippen molar-refractivity contribution in [2.45, 2.75) is 0 Å². The van der Waals surface area contributed by atoms with Crippen LogP contribution in [0.3, 0.4) is 0 Å². The molecule has 0 aliphatic heterocycles. The molecule has 0 aromatic carbocycles. The third-order valence-electron chi connectivity index (χ3n) is 0. The second-order valence-corrected chi connectivity index (χ2v) is 0. The van der Waals surface area contributed by atoms with Gasteiger partial charge in [0.25, 0.3) is 0 Å². The van der Waals surface area contributed by atoms with Gasteiger partial charge in [-0.15, -0.1) is 0 Å². The molecule has 0 aromatic rings. The van der Waals surface area contributed by atoms with Gasteiger partial charge in [0.15, 0.2) is 0 Å². The van der Waals surface area contributed by atoms with E-state index >= 15 is 0 Å². The number of rotatable bonds is 0. The summed E-state index contributed by atoms with van der Waals surface area (Å²) in [6.45, 7) is 0. The first kappa shape index (κ1) is 44.3. The summed E-state index contributed by atoms with van der Waals surface area (Å²) in [7, 11) is 0. The van der Waals surface area contributed by atoms with Gasteiger partial charge in [-0.1, -0.05) is 0 Å². The van der Waals surface area contributed by atoms with E-state index in [-0.39, 0.29) is 62.8 Å². The van der Waals surface area contributed by atoms with E-state index in [1.807, 2.05) is 0 Å². The minimum atomic E-state index is 0. The fourth-order valence-electron chi connectivity index (χ4n) is 0. The molecule has 0 atom stereocenters. The Morgan fingerprint density at radius 3 is 0.750 bits per heavy atom. The maximum Gasteiger partial charge on any atom is 4.00 e. The van der Waals surface area contributed by atoms with Gasteiger partial charge in [0, 0.05) is 0 Å². The van der Waals surface area contributed by atoms with E-state index in [0.29, 0.717) is 0 Å². The van der Waals surface area contributed by atoms with Gasteiger partial charge in [-0.3, -0.25) is 0 Å². The molecule has 0 aromatic heterocycles. The molecular formula is H2RuS3. The van der Waals surface area contributed by atoms with Crippen LogP contribution >= 0.6 is 0 Å². The predicted octanol–water partition coefficient (Wildman–Crippen LogP) is 0.215. The molecule has 0 N–H and O–H groups in total. The molecule has 0 bridgehead atoms. The molecule has 4 heteroatoms. The largest absolute Gasteiger partial charge is 4.00 e. The standard InChI is InChI=1S/Ru.3S/q+4;3*-2/p+2. The quantitative estimate of drug-likeness (QED) is 0.489. The van der Waals surface area contributed by atoms with Gasteiger partial charge < -0.3 is 40.5 Å². The Morgan fingerprint density at radius 2 is 0.750 bits per heavy atom. The van der Waals surface area contributed by atoms with Crippen molar-refractivity contribution in [3.05, 3.63) is 0 Å². The Morgan fingerprint density at radius 1 is 0.750 bits per heavy atom. The second-order valence-electron chi connectivity index (χ2n) is 0. The van der Waals surface area contributed by atoms with Crippen LogP contribution in [0.4, 0.5) is 0 Å². The first-order valence-electron chi connectivity index (χ1n) is 0. The van der Waals surface area contributed by atoms with Crippen molar-refractivity contribution >= 4 is 40.5 Å². The summed E-state index contributed by atoms with van der Waals surface area (Å²) in [6, 6.07) is 0. The van der Waals surface area contributed by atoms with Crippen molar-refractivity contribution in [1.82, 2.24) is 0 Å². The summed E-state index contributed by atoms with van der Waals surface area (Å²) in [6.07, 6.45) is 0. The van der Waals surface area contributed by atoms with Crippen LogP contribution in [-0.2, 0) is 60.0 Å². The van der Waals surface area contributed by atoms with E-state index in [1.165, 1.54) is 0 Å². The van der Waals surface area contributed by atoms with Crippen LogP contribution in [0.25, 0.3) is 0 Å². The molecule has 0 radical (unpaired) electrons. The Labute approximate surface area is 62.8 Å². The van der Waals surface area contributed by atoms with Gasteiger partial charge in [-0.2, -0.15) is 0 Å². The van der Waals surface area contributed by atoms with Gasteiger partial charge in [-0.25, -0.2) is 0 Å². The minimum absolute atomic E-state index is 0. The van der Waals surface area contributed by atoms with Crippen LogP contribution < -0.4 is 0 Å². The zero-order valence-electron chi connectivity index (χ0n) is 3.58. The molecule has 0 nitrogen and oxygen atoms in total. The minimum Gasteiger partial charge on any atom is -2.00 e. The first-order valence-corrected chi connectivity index (χ1v) is 0. The molecule has 0 amide bonds. The molecule has 0 aliphatic rings. The van der Waals surface area contributed by atoms with E-state index in [2.05, 4.69) is 0 Å². The Bertz CT molecular complexity index is 8.75. The van der Waals surface area contributed by atoms with Crippen molar-refractivity contribution in [3.63, 3.8) is 0 Å². The molecule has 0 fully saturated rings. The van der Waals surface area contributed by atoms with Gasteiger partial charge >= 0.3 is 22.3 Å². The van der Waals surface area contributed by atoms with Crippen molar-refractivity contribution < 1.29 is 22.3 Å². The summed E-state index contributed by atoms with van der Waals surface area (Å²) >= 11 is 0. The van der Waals surface area contributed by atoms with Crippen LogP contribution in [0.2, 0.25) is 0 Å². The number of hydrogen-bond acceptors (Lipinski definition) is 0. The van der Waals surface area contributed by atoms with E-state index < -0.39 is 0 Å². The molecule has 0 rings (SSSR count). The zero-order valence-corrected chi connectivity index (χ0v) is 5.77. The number of hydrogen-bond donors (Lipinski definition) is 0. The molecule has 0 aliphatic carbocycles. The monoisotopic (exact) mass is 200 g/mol. The summed E-state index contributed by atoms with van der Waals surface area (Å²) in [4.78, 5) is 0. The fourth-order valence-corrected chi connectivity index (χ4v) is 0. The molecule has 0 spiro atoms. The summed E-state index contributed by atoms with van der Waals surface area (Å²) in [5.74, 6) is 0. The van der Waals surface area contributed by atoms with Crippen LogP contribution in [-0.4, -0.2) is 0 Å². The Balaban J connectivity index is 0. The fraction of sp³-hybridized carbons (Fsp3) is 0. The zero-order chi connectivity index (χ0) is 0. The second kappa shape index (κ2) is 22.5. The maximum absolute atomic E-state index is 0. The summed E-state index contributed by atoms with van der Waals surface area (Å²) in [5.41, 5.74) is 0. The molecule has 0 saturated carbocycles. The van der Waals surface area contributed by atoms with Crippen molar-refractivity contribution in [2.24, 2.45) is 0 Å². The Kier molecular flexibility index (Phi) is 249. The summed E-state index contributed by atoms with van der Waals surface area (Å²) in [5, 5.41) is 0. The average Bonchev–Trinajstić information content (AvgIpc) is 0. The maximum atomic E-state index is 0. The SMILES string of the molecule is [H+].[H+].[Ru+4].[S-2].[S-2].[S-2]. The molecular weight excluding hydrogens is 197 g/mol. The van der Waals surface area contributed by atoms with Gasteiger partial charge in [0.2, 0.25) is 0 Å². The van der Waals surface area contributed by atoms with Crippen LogP contribution in [0.5, 0.6) is 0 Å². The van der Waals surface area contributed by atoms with E-state index in [1.54, 1.807) is 0 Å². The van der Waals surface area contributed by atoms with Gasteiger partial charge in [0.05, 0.1) is 0 Å². The van der Waals surface area contributed by atoms with Crippen molar-refractivity contribution in [1.29, 1.82) is 0 Å². The van der Waals surface area contributed by atoms with Crippen molar-refractivity contribution in [2.75, 3.05) is 0 Å². The third kappa shape index (κ3) is 9.38. The molecule has 0 heterocycles. The predicted molar refractivity (Wildman–Crippen MR) is 24.3 cm³/mol. The van der Waals surface area contributed by atoms with Crippen LogP contribution in [0, 0.1) is 0 Å². The molecule has 4 heavy (non-hydrogen) atoms. The summed E-state index contributed by atoms with van der Waals surface area (Å²) < 4.78 is 0. The topological polar surface area (TPSA) is 0 Å². The van der Waals surface area contributed by atoms with Crippen LogP contribution in [0.15, 0.2) is 0 Å². The molecule has 0 saturated heterocycles.